The fraction of sp³-hybridized carbons (Fsp3) is 0. The average molecular weight is 257 g/mol. The fourth-order valence-electron chi connectivity index (χ4n) is 1.65. The lowest BCUT2D eigenvalue weighted by atomic mass is 10.2. The van der Waals surface area contributed by atoms with Crippen molar-refractivity contribution >= 4 is 11.6 Å². The Hall–Kier alpha value is -2.20. The number of imidazole rings is 1. The van der Waals surface area contributed by atoms with Gasteiger partial charge in [-0.2, -0.15) is 0 Å². The minimum Gasteiger partial charge on any atom is -0.338 e. The number of hydrogen-bond donors (Lipinski definition) is 1. The zero-order chi connectivity index (χ0) is 12.4. The zero-order valence-corrected chi connectivity index (χ0v) is 10.1. The molecule has 0 saturated heterocycles. The van der Waals surface area contributed by atoms with Crippen LogP contribution in [0, 0.1) is 0 Å². The van der Waals surface area contributed by atoms with Crippen LogP contribution in [0.25, 0.3) is 22.6 Å². The molecule has 3 aromatic heterocycles. The molecule has 0 bridgehead atoms. The molecular formula is C13H9ClN4. The molecule has 3 rings (SSSR count). The van der Waals surface area contributed by atoms with Gasteiger partial charge >= 0.3 is 0 Å². The van der Waals surface area contributed by atoms with Gasteiger partial charge in [-0.25, -0.2) is 9.97 Å². The Labute approximate surface area is 109 Å². The van der Waals surface area contributed by atoms with Crippen molar-refractivity contribution in [3.05, 3.63) is 54.2 Å². The molecule has 3 aromatic rings. The molecule has 4 nitrogen and oxygen atoms in total. The molecule has 0 amide bonds. The third-order valence-corrected chi connectivity index (χ3v) is 2.77. The van der Waals surface area contributed by atoms with Gasteiger partial charge in [-0.1, -0.05) is 11.6 Å². The monoisotopic (exact) mass is 256 g/mol. The molecule has 18 heavy (non-hydrogen) atoms. The summed E-state index contributed by atoms with van der Waals surface area (Å²) in [7, 11) is 0. The topological polar surface area (TPSA) is 54.5 Å². The number of pyridine rings is 2. The van der Waals surface area contributed by atoms with Gasteiger partial charge in [0.25, 0.3) is 0 Å². The largest absolute Gasteiger partial charge is 0.338 e. The maximum Gasteiger partial charge on any atom is 0.139 e. The quantitative estimate of drug-likeness (QED) is 0.717. The van der Waals surface area contributed by atoms with Gasteiger partial charge < -0.3 is 4.98 Å². The molecule has 0 radical (unpaired) electrons. The number of H-pyrrole nitrogens is 1. The molecular weight excluding hydrogens is 248 g/mol. The van der Waals surface area contributed by atoms with E-state index in [9.17, 15) is 0 Å². The fourth-order valence-corrected chi connectivity index (χ4v) is 1.76. The highest BCUT2D eigenvalue weighted by molar-refractivity contribution is 6.29. The van der Waals surface area contributed by atoms with Crippen molar-refractivity contribution in [2.75, 3.05) is 0 Å². The number of aromatic amines is 1. The standard InChI is InChI=1S/C13H9ClN4/c14-12-4-3-10(7-16-12)13-17-8-11(18-13)9-2-1-5-15-6-9/h1-8H,(H,17,18). The Kier molecular flexibility index (Phi) is 2.78. The third kappa shape index (κ3) is 2.10. The van der Waals surface area contributed by atoms with Crippen LogP contribution >= 0.6 is 11.6 Å². The van der Waals surface area contributed by atoms with Crippen molar-refractivity contribution in [1.82, 2.24) is 19.9 Å². The first-order valence-corrected chi connectivity index (χ1v) is 5.78. The Morgan fingerprint density at radius 1 is 0.944 bits per heavy atom. The van der Waals surface area contributed by atoms with Crippen molar-refractivity contribution in [1.29, 1.82) is 0 Å². The highest BCUT2D eigenvalue weighted by atomic mass is 35.5. The molecule has 0 aliphatic rings. The highest BCUT2D eigenvalue weighted by Gasteiger charge is 2.05. The van der Waals surface area contributed by atoms with Crippen LogP contribution in [-0.4, -0.2) is 19.9 Å². The Morgan fingerprint density at radius 3 is 2.61 bits per heavy atom. The molecule has 1 N–H and O–H groups in total. The number of aromatic nitrogens is 4. The highest BCUT2D eigenvalue weighted by Crippen LogP contribution is 2.21. The maximum absolute atomic E-state index is 5.75. The summed E-state index contributed by atoms with van der Waals surface area (Å²) in [5, 5.41) is 0.470. The Balaban J connectivity index is 1.97. The number of nitrogens with zero attached hydrogens (tertiary/aromatic N) is 3. The molecule has 0 aliphatic carbocycles. The van der Waals surface area contributed by atoms with Gasteiger partial charge in [0.2, 0.25) is 0 Å². The van der Waals surface area contributed by atoms with Crippen LogP contribution in [0.5, 0.6) is 0 Å². The summed E-state index contributed by atoms with van der Waals surface area (Å²) in [5.74, 6) is 0.762. The van der Waals surface area contributed by atoms with Crippen LogP contribution in [0.3, 0.4) is 0 Å². The van der Waals surface area contributed by atoms with Crippen molar-refractivity contribution in [2.24, 2.45) is 0 Å². The van der Waals surface area contributed by atoms with E-state index in [4.69, 9.17) is 11.6 Å². The van der Waals surface area contributed by atoms with Crippen LogP contribution < -0.4 is 0 Å². The van der Waals surface area contributed by atoms with E-state index < -0.39 is 0 Å². The summed E-state index contributed by atoms with van der Waals surface area (Å²) < 4.78 is 0. The number of halogens is 1. The van der Waals surface area contributed by atoms with Crippen LogP contribution in [0.15, 0.2) is 49.1 Å². The van der Waals surface area contributed by atoms with Crippen LogP contribution in [0.4, 0.5) is 0 Å². The van der Waals surface area contributed by atoms with Gasteiger partial charge in [0, 0.05) is 29.7 Å². The smallest absolute Gasteiger partial charge is 0.139 e. The van der Waals surface area contributed by atoms with Crippen molar-refractivity contribution in [2.45, 2.75) is 0 Å². The van der Waals surface area contributed by atoms with Crippen molar-refractivity contribution < 1.29 is 0 Å². The second kappa shape index (κ2) is 4.58. The van der Waals surface area contributed by atoms with E-state index in [2.05, 4.69) is 19.9 Å². The number of nitrogens with one attached hydrogen (secondary N) is 1. The average Bonchev–Trinajstić information content (AvgIpc) is 2.90. The normalized spacial score (nSPS) is 10.5. The Bertz CT molecular complexity index is 646. The van der Waals surface area contributed by atoms with Crippen molar-refractivity contribution in [3.8, 4) is 22.6 Å². The van der Waals surface area contributed by atoms with Crippen molar-refractivity contribution in [3.63, 3.8) is 0 Å². The summed E-state index contributed by atoms with van der Waals surface area (Å²) in [6.07, 6.45) is 7.00. The first-order valence-electron chi connectivity index (χ1n) is 5.40. The second-order valence-corrected chi connectivity index (χ2v) is 4.14. The number of rotatable bonds is 2. The Morgan fingerprint density at radius 2 is 1.89 bits per heavy atom. The van der Waals surface area contributed by atoms with Gasteiger partial charge in [-0.15, -0.1) is 0 Å². The maximum atomic E-state index is 5.75. The molecule has 0 spiro atoms. The molecule has 0 fully saturated rings. The van der Waals surface area contributed by atoms with E-state index in [1.807, 2.05) is 18.2 Å². The molecule has 0 saturated carbocycles. The van der Waals surface area contributed by atoms with E-state index in [-0.39, 0.29) is 0 Å². The SMILES string of the molecule is Clc1ccc(-c2ncc(-c3cccnc3)[nH]2)cn1. The molecule has 0 aromatic carbocycles. The molecule has 0 aliphatic heterocycles. The lowest BCUT2D eigenvalue weighted by Crippen LogP contribution is -1.83. The molecule has 0 atom stereocenters. The van der Waals surface area contributed by atoms with E-state index in [1.54, 1.807) is 30.9 Å². The molecule has 3 heterocycles. The second-order valence-electron chi connectivity index (χ2n) is 3.76. The summed E-state index contributed by atoms with van der Waals surface area (Å²) in [6, 6.07) is 7.48. The summed E-state index contributed by atoms with van der Waals surface area (Å²) >= 11 is 5.75. The van der Waals surface area contributed by atoms with E-state index in [0.29, 0.717) is 5.15 Å². The van der Waals surface area contributed by atoms with Crippen LogP contribution in [-0.2, 0) is 0 Å². The van der Waals surface area contributed by atoms with Gasteiger partial charge in [-0.05, 0) is 24.3 Å². The first kappa shape index (κ1) is 10.9. The van der Waals surface area contributed by atoms with Gasteiger partial charge in [0.15, 0.2) is 0 Å². The van der Waals surface area contributed by atoms with E-state index >= 15 is 0 Å². The van der Waals surface area contributed by atoms with Crippen LogP contribution in [0.2, 0.25) is 5.15 Å². The third-order valence-electron chi connectivity index (χ3n) is 2.55. The molecule has 0 unspecified atom stereocenters. The van der Waals surface area contributed by atoms with Gasteiger partial charge in [0.1, 0.15) is 11.0 Å². The minimum absolute atomic E-state index is 0.470. The molecule has 5 heteroatoms. The van der Waals surface area contributed by atoms with E-state index in [1.165, 1.54) is 0 Å². The van der Waals surface area contributed by atoms with Gasteiger partial charge in [-0.3, -0.25) is 4.98 Å². The first-order chi connectivity index (χ1) is 8.83. The predicted molar refractivity (Wildman–Crippen MR) is 70.1 cm³/mol. The minimum atomic E-state index is 0.470. The lowest BCUT2D eigenvalue weighted by molar-refractivity contribution is 1.26. The lowest BCUT2D eigenvalue weighted by Gasteiger charge is -1.97. The number of hydrogen-bond acceptors (Lipinski definition) is 3. The molecule has 88 valence electrons. The van der Waals surface area contributed by atoms with Gasteiger partial charge in [0.05, 0.1) is 11.9 Å². The van der Waals surface area contributed by atoms with Crippen LogP contribution in [0.1, 0.15) is 0 Å². The zero-order valence-electron chi connectivity index (χ0n) is 9.34. The summed E-state index contributed by atoms with van der Waals surface area (Å²) in [6.45, 7) is 0. The van der Waals surface area contributed by atoms with E-state index in [0.717, 1.165) is 22.6 Å². The predicted octanol–water partition coefficient (Wildman–Crippen LogP) is 3.19. The summed E-state index contributed by atoms with van der Waals surface area (Å²) in [5.41, 5.74) is 2.82. The summed E-state index contributed by atoms with van der Waals surface area (Å²) in [4.78, 5) is 15.7.